The van der Waals surface area contributed by atoms with E-state index in [4.69, 9.17) is 5.11 Å². The van der Waals surface area contributed by atoms with E-state index in [1.807, 2.05) is 0 Å². The molecule has 1 aliphatic rings. The maximum absolute atomic E-state index is 11.9. The van der Waals surface area contributed by atoms with E-state index in [2.05, 4.69) is 26.2 Å². The molecule has 92 valence electrons. The third kappa shape index (κ3) is 2.75. The highest BCUT2D eigenvalue weighted by atomic mass is 79.9. The Labute approximate surface area is 110 Å². The van der Waals surface area contributed by atoms with E-state index in [1.165, 1.54) is 11.3 Å². The van der Waals surface area contributed by atoms with Crippen LogP contribution in [0.2, 0.25) is 0 Å². The Morgan fingerprint density at radius 1 is 1.65 bits per heavy atom. The lowest BCUT2D eigenvalue weighted by molar-refractivity contribution is -0.119. The number of nitrogens with one attached hydrogen (secondary N) is 1. The van der Waals surface area contributed by atoms with Crippen molar-refractivity contribution in [3.8, 4) is 0 Å². The van der Waals surface area contributed by atoms with E-state index in [0.29, 0.717) is 24.5 Å². The number of hydrogen-bond donors (Lipinski definition) is 2. The fourth-order valence-corrected chi connectivity index (χ4v) is 2.88. The highest BCUT2D eigenvalue weighted by Crippen LogP contribution is 2.25. The molecule has 17 heavy (non-hydrogen) atoms. The number of rotatable bonds is 2. The molecule has 1 aliphatic heterocycles. The number of amides is 2. The average Bonchev–Trinajstić information content (AvgIpc) is 2.86. The quantitative estimate of drug-likeness (QED) is 0.873. The van der Waals surface area contributed by atoms with Crippen molar-refractivity contribution in [3.63, 3.8) is 0 Å². The molecule has 1 unspecified atom stereocenters. The molecule has 0 bridgehead atoms. The molecule has 2 rings (SSSR count). The van der Waals surface area contributed by atoms with Gasteiger partial charge in [0.15, 0.2) is 5.13 Å². The van der Waals surface area contributed by atoms with Crippen molar-refractivity contribution >= 4 is 44.4 Å². The number of halogens is 1. The standard InChI is InChI=1S/C9H10BrN3O3S/c10-6-4-11-8(17-6)12-7(14)5-2-1-3-13(5)9(15)16/h4-5H,1-3H2,(H,15,16)(H,11,12,14). The number of carbonyl (C=O) groups excluding carboxylic acids is 1. The van der Waals surface area contributed by atoms with Gasteiger partial charge in [-0.1, -0.05) is 11.3 Å². The Balaban J connectivity index is 2.02. The molecule has 2 N–H and O–H groups in total. The minimum atomic E-state index is -1.05. The van der Waals surface area contributed by atoms with Crippen molar-refractivity contribution in [2.24, 2.45) is 0 Å². The summed E-state index contributed by atoms with van der Waals surface area (Å²) in [4.78, 5) is 27.9. The third-order valence-electron chi connectivity index (χ3n) is 2.51. The minimum Gasteiger partial charge on any atom is -0.465 e. The molecule has 1 aromatic rings. The van der Waals surface area contributed by atoms with Crippen molar-refractivity contribution < 1.29 is 14.7 Å². The van der Waals surface area contributed by atoms with Gasteiger partial charge in [-0.15, -0.1) is 0 Å². The van der Waals surface area contributed by atoms with Crippen LogP contribution in [-0.2, 0) is 4.79 Å². The normalized spacial score (nSPS) is 19.4. The summed E-state index contributed by atoms with van der Waals surface area (Å²) in [5.41, 5.74) is 0. The van der Waals surface area contributed by atoms with E-state index < -0.39 is 12.1 Å². The zero-order valence-electron chi connectivity index (χ0n) is 8.72. The van der Waals surface area contributed by atoms with Gasteiger partial charge in [-0.05, 0) is 28.8 Å². The predicted molar refractivity (Wildman–Crippen MR) is 66.2 cm³/mol. The van der Waals surface area contributed by atoms with Crippen LogP contribution in [0.15, 0.2) is 9.98 Å². The molecular weight excluding hydrogens is 310 g/mol. The Kier molecular flexibility index (Phi) is 3.63. The van der Waals surface area contributed by atoms with Gasteiger partial charge in [-0.25, -0.2) is 9.78 Å². The number of carboxylic acid groups (broad SMARTS) is 1. The molecule has 0 radical (unpaired) electrons. The maximum atomic E-state index is 11.9. The van der Waals surface area contributed by atoms with Gasteiger partial charge in [0.2, 0.25) is 5.91 Å². The summed E-state index contributed by atoms with van der Waals surface area (Å²) in [7, 11) is 0. The average molecular weight is 320 g/mol. The van der Waals surface area contributed by atoms with Crippen molar-refractivity contribution in [2.45, 2.75) is 18.9 Å². The smallest absolute Gasteiger partial charge is 0.407 e. The van der Waals surface area contributed by atoms with Gasteiger partial charge in [0.1, 0.15) is 6.04 Å². The Hall–Kier alpha value is -1.15. The summed E-state index contributed by atoms with van der Waals surface area (Å²) in [5.74, 6) is -0.313. The lowest BCUT2D eigenvalue weighted by Crippen LogP contribution is -2.42. The van der Waals surface area contributed by atoms with Crippen LogP contribution < -0.4 is 5.32 Å². The molecule has 0 aliphatic carbocycles. The van der Waals surface area contributed by atoms with Crippen molar-refractivity contribution in [1.29, 1.82) is 0 Å². The van der Waals surface area contributed by atoms with Crippen LogP contribution in [0.1, 0.15) is 12.8 Å². The highest BCUT2D eigenvalue weighted by molar-refractivity contribution is 9.11. The molecule has 2 amide bonds. The van der Waals surface area contributed by atoms with Crippen LogP contribution >= 0.6 is 27.3 Å². The number of hydrogen-bond acceptors (Lipinski definition) is 4. The van der Waals surface area contributed by atoms with Crippen LogP contribution in [0.25, 0.3) is 0 Å². The molecule has 1 aromatic heterocycles. The summed E-state index contributed by atoms with van der Waals surface area (Å²) < 4.78 is 0.814. The fraction of sp³-hybridized carbons (Fsp3) is 0.444. The van der Waals surface area contributed by atoms with E-state index in [9.17, 15) is 9.59 Å². The van der Waals surface area contributed by atoms with Gasteiger partial charge in [-0.2, -0.15) is 0 Å². The maximum Gasteiger partial charge on any atom is 0.407 e. The van der Waals surface area contributed by atoms with Gasteiger partial charge >= 0.3 is 6.09 Å². The van der Waals surface area contributed by atoms with E-state index in [0.717, 1.165) is 8.69 Å². The molecule has 1 saturated heterocycles. The highest BCUT2D eigenvalue weighted by Gasteiger charge is 2.34. The number of thiazole rings is 1. The van der Waals surface area contributed by atoms with Crippen LogP contribution in [-0.4, -0.2) is 39.6 Å². The molecule has 8 heteroatoms. The van der Waals surface area contributed by atoms with Crippen molar-refractivity contribution in [3.05, 3.63) is 9.98 Å². The zero-order chi connectivity index (χ0) is 12.4. The molecule has 0 spiro atoms. The fourth-order valence-electron chi connectivity index (χ4n) is 1.77. The molecule has 6 nitrogen and oxygen atoms in total. The largest absolute Gasteiger partial charge is 0.465 e. The second-order valence-electron chi connectivity index (χ2n) is 3.59. The van der Waals surface area contributed by atoms with Gasteiger partial charge in [0.25, 0.3) is 0 Å². The Morgan fingerprint density at radius 2 is 2.41 bits per heavy atom. The molecule has 1 atom stereocenters. The molecule has 1 fully saturated rings. The molecule has 2 heterocycles. The minimum absolute atomic E-state index is 0.313. The van der Waals surface area contributed by atoms with Crippen LogP contribution in [0, 0.1) is 0 Å². The summed E-state index contributed by atoms with van der Waals surface area (Å²) in [6.07, 6.45) is 1.81. The number of nitrogens with zero attached hydrogens (tertiary/aromatic N) is 2. The first kappa shape index (κ1) is 12.3. The number of anilines is 1. The van der Waals surface area contributed by atoms with Gasteiger partial charge < -0.3 is 10.4 Å². The van der Waals surface area contributed by atoms with Gasteiger partial charge in [0, 0.05) is 6.54 Å². The van der Waals surface area contributed by atoms with Crippen LogP contribution in [0.5, 0.6) is 0 Å². The summed E-state index contributed by atoms with van der Waals surface area (Å²) in [6.45, 7) is 0.412. The first-order valence-electron chi connectivity index (χ1n) is 4.99. The number of aromatic nitrogens is 1. The first-order chi connectivity index (χ1) is 8.08. The van der Waals surface area contributed by atoms with Crippen LogP contribution in [0.3, 0.4) is 0 Å². The van der Waals surface area contributed by atoms with Gasteiger partial charge in [-0.3, -0.25) is 9.69 Å². The second kappa shape index (κ2) is 5.01. The Bertz CT molecular complexity index is 450. The first-order valence-corrected chi connectivity index (χ1v) is 6.60. The summed E-state index contributed by atoms with van der Waals surface area (Å²) in [6, 6.07) is -0.602. The van der Waals surface area contributed by atoms with Crippen molar-refractivity contribution in [2.75, 3.05) is 11.9 Å². The monoisotopic (exact) mass is 319 g/mol. The van der Waals surface area contributed by atoms with E-state index in [1.54, 1.807) is 6.20 Å². The number of likely N-dealkylation sites (tertiary alicyclic amines) is 1. The number of carbonyl (C=O) groups is 2. The lowest BCUT2D eigenvalue weighted by Gasteiger charge is -2.19. The van der Waals surface area contributed by atoms with Crippen molar-refractivity contribution in [1.82, 2.24) is 9.88 Å². The van der Waals surface area contributed by atoms with E-state index >= 15 is 0 Å². The predicted octanol–water partition coefficient (Wildman–Crippen LogP) is 1.99. The summed E-state index contributed by atoms with van der Waals surface area (Å²) >= 11 is 4.53. The van der Waals surface area contributed by atoms with Crippen LogP contribution in [0.4, 0.5) is 9.93 Å². The zero-order valence-corrected chi connectivity index (χ0v) is 11.1. The topological polar surface area (TPSA) is 82.5 Å². The lowest BCUT2D eigenvalue weighted by atomic mass is 10.2. The summed E-state index contributed by atoms with van der Waals surface area (Å²) in [5, 5.41) is 12.0. The molecule has 0 saturated carbocycles. The van der Waals surface area contributed by atoms with E-state index in [-0.39, 0.29) is 5.91 Å². The third-order valence-corrected chi connectivity index (χ3v) is 3.90. The molecule has 0 aromatic carbocycles. The SMILES string of the molecule is O=C(Nc1ncc(Br)s1)C1CCCN1C(=O)O. The van der Waals surface area contributed by atoms with Gasteiger partial charge in [0.05, 0.1) is 9.98 Å². The Morgan fingerprint density at radius 3 is 3.00 bits per heavy atom. The second-order valence-corrected chi connectivity index (χ2v) is 6.00. The molecular formula is C9H10BrN3O3S.